The Morgan fingerprint density at radius 1 is 1.19 bits per heavy atom. The number of benzene rings is 1. The summed E-state index contributed by atoms with van der Waals surface area (Å²) >= 11 is 0. The van der Waals surface area contributed by atoms with Crippen LogP contribution in [0, 0.1) is 13.8 Å². The molecule has 0 spiro atoms. The lowest BCUT2D eigenvalue weighted by molar-refractivity contribution is -0.677. The first-order chi connectivity index (χ1) is 12.9. The van der Waals surface area contributed by atoms with Crippen molar-refractivity contribution in [2.45, 2.75) is 26.4 Å². The number of nitrogens with zero attached hydrogens (tertiary/aromatic N) is 5. The number of aromatic nitrogens is 2. The number of imidazole rings is 1. The number of hydrogen-bond donors (Lipinski definition) is 1. The van der Waals surface area contributed by atoms with E-state index in [4.69, 9.17) is 0 Å². The van der Waals surface area contributed by atoms with Gasteiger partial charge in [0.1, 0.15) is 11.9 Å². The zero-order valence-corrected chi connectivity index (χ0v) is 15.9. The van der Waals surface area contributed by atoms with Crippen molar-refractivity contribution in [1.29, 1.82) is 0 Å². The molecule has 27 heavy (non-hydrogen) atoms. The summed E-state index contributed by atoms with van der Waals surface area (Å²) in [5, 5.41) is 3.42. The molecule has 2 aliphatic heterocycles. The number of aliphatic imine (C=N–C) groups is 1. The first-order valence-electron chi connectivity index (χ1n) is 8.94. The highest BCUT2D eigenvalue weighted by Gasteiger charge is 2.52. The summed E-state index contributed by atoms with van der Waals surface area (Å²) in [5.41, 5.74) is 3.31. The summed E-state index contributed by atoms with van der Waals surface area (Å²) in [4.78, 5) is 32.0. The summed E-state index contributed by atoms with van der Waals surface area (Å²) in [6.07, 6.45) is 1.93. The highest BCUT2D eigenvalue weighted by atomic mass is 16.2. The molecule has 1 saturated heterocycles. The summed E-state index contributed by atoms with van der Waals surface area (Å²) in [7, 11) is 3.16. The van der Waals surface area contributed by atoms with Gasteiger partial charge in [-0.2, -0.15) is 0 Å². The van der Waals surface area contributed by atoms with E-state index in [1.807, 2.05) is 29.8 Å². The Kier molecular flexibility index (Phi) is 3.98. The number of amidine groups is 1. The van der Waals surface area contributed by atoms with Gasteiger partial charge in [0.05, 0.1) is 6.54 Å². The van der Waals surface area contributed by atoms with E-state index in [1.165, 1.54) is 17.5 Å². The minimum absolute atomic E-state index is 0.254. The molecule has 0 radical (unpaired) electrons. The molecule has 0 saturated carbocycles. The topological polar surface area (TPSA) is 73.8 Å². The number of nitrogens with one attached hydrogen (secondary N) is 1. The molecule has 8 nitrogen and oxygen atoms in total. The van der Waals surface area contributed by atoms with Crippen LogP contribution in [0.15, 0.2) is 35.5 Å². The number of rotatable bonds is 4. The molecule has 1 aromatic carbocycles. The van der Waals surface area contributed by atoms with E-state index in [-0.39, 0.29) is 11.9 Å². The fourth-order valence-electron chi connectivity index (χ4n) is 3.65. The number of hydrogen-bond acceptors (Lipinski definition) is 4. The molecule has 0 aliphatic carbocycles. The van der Waals surface area contributed by atoms with Crippen LogP contribution in [0.25, 0.3) is 0 Å². The monoisotopic (exact) mass is 367 g/mol. The van der Waals surface area contributed by atoms with Crippen molar-refractivity contribution in [3.63, 3.8) is 0 Å². The minimum atomic E-state index is -0.572. The third kappa shape index (κ3) is 2.68. The van der Waals surface area contributed by atoms with Crippen LogP contribution in [-0.4, -0.2) is 52.8 Å². The van der Waals surface area contributed by atoms with Crippen LogP contribution in [0.1, 0.15) is 17.3 Å². The molecule has 140 valence electrons. The highest BCUT2D eigenvalue weighted by Crippen LogP contribution is 2.28. The van der Waals surface area contributed by atoms with Gasteiger partial charge in [0.15, 0.2) is 0 Å². The van der Waals surface area contributed by atoms with E-state index < -0.39 is 6.04 Å². The smallest absolute Gasteiger partial charge is 0.382 e. The SMILES string of the molecule is Cc1cccc(NCCn2c(C)c[n+]3c2N=C2C3C(=O)N(C)C(=O)N2C)c1. The number of likely N-dealkylation sites (N-methyl/N-ethyl adjacent to an activating group) is 2. The van der Waals surface area contributed by atoms with Crippen molar-refractivity contribution >= 4 is 29.4 Å². The van der Waals surface area contributed by atoms with Gasteiger partial charge in [-0.05, 0) is 31.5 Å². The first kappa shape index (κ1) is 17.3. The molecule has 2 aliphatic rings. The molecule has 2 aromatic rings. The van der Waals surface area contributed by atoms with E-state index in [0.29, 0.717) is 18.3 Å². The maximum atomic E-state index is 12.6. The molecule has 1 N–H and O–H groups in total. The fourth-order valence-corrected chi connectivity index (χ4v) is 3.65. The molecular weight excluding hydrogens is 344 g/mol. The van der Waals surface area contributed by atoms with Gasteiger partial charge < -0.3 is 5.32 Å². The Morgan fingerprint density at radius 3 is 2.70 bits per heavy atom. The fraction of sp³-hybridized carbons (Fsp3) is 0.368. The number of urea groups is 1. The minimum Gasteiger partial charge on any atom is -0.382 e. The number of imide groups is 1. The molecule has 0 bridgehead atoms. The van der Waals surface area contributed by atoms with Gasteiger partial charge >= 0.3 is 12.0 Å². The maximum Gasteiger partial charge on any atom is 0.401 e. The normalized spacial score (nSPS) is 18.5. The Hall–Kier alpha value is -3.16. The summed E-state index contributed by atoms with van der Waals surface area (Å²) in [5.74, 6) is 0.927. The lowest BCUT2D eigenvalue weighted by atomic mass is 10.2. The highest BCUT2D eigenvalue weighted by molar-refractivity contribution is 6.18. The van der Waals surface area contributed by atoms with Crippen LogP contribution in [0.5, 0.6) is 0 Å². The van der Waals surface area contributed by atoms with Gasteiger partial charge in [-0.1, -0.05) is 17.1 Å². The van der Waals surface area contributed by atoms with Crippen molar-refractivity contribution in [1.82, 2.24) is 14.4 Å². The van der Waals surface area contributed by atoms with E-state index >= 15 is 0 Å². The van der Waals surface area contributed by atoms with Gasteiger partial charge in [0.25, 0.3) is 5.91 Å². The molecule has 8 heteroatoms. The van der Waals surface area contributed by atoms with Gasteiger partial charge in [0.2, 0.25) is 11.9 Å². The van der Waals surface area contributed by atoms with Gasteiger partial charge in [-0.3, -0.25) is 14.6 Å². The second-order valence-corrected chi connectivity index (χ2v) is 7.04. The van der Waals surface area contributed by atoms with Crippen LogP contribution in [0.4, 0.5) is 16.4 Å². The largest absolute Gasteiger partial charge is 0.401 e. The van der Waals surface area contributed by atoms with E-state index in [1.54, 1.807) is 7.05 Å². The Bertz CT molecular complexity index is 977. The van der Waals surface area contributed by atoms with Crippen LogP contribution < -0.4 is 9.88 Å². The summed E-state index contributed by atoms with van der Waals surface area (Å²) < 4.78 is 3.93. The Labute approximate surface area is 157 Å². The van der Waals surface area contributed by atoms with Gasteiger partial charge in [-0.25, -0.2) is 13.9 Å². The predicted octanol–water partition coefficient (Wildman–Crippen LogP) is 1.61. The standard InChI is InChI=1S/C19H23N6O2/c1-12-6-5-7-14(10-12)20-8-9-24-13(2)11-25-15-16(21-18(24)25)22(3)19(27)23(4)17(15)26/h5-7,10-11,15,20H,8-9H2,1-4H3/q+1. The summed E-state index contributed by atoms with van der Waals surface area (Å²) in [6, 6.07) is 7.30. The van der Waals surface area contributed by atoms with Crippen molar-refractivity contribution in [2.75, 3.05) is 26.0 Å². The Balaban J connectivity index is 1.58. The van der Waals surface area contributed by atoms with Crippen molar-refractivity contribution in [2.24, 2.45) is 4.99 Å². The van der Waals surface area contributed by atoms with Crippen LogP contribution in [-0.2, 0) is 11.3 Å². The number of carbonyl (C=O) groups is 2. The molecule has 3 amide bonds. The molecule has 1 atom stereocenters. The second-order valence-electron chi connectivity index (χ2n) is 7.04. The lowest BCUT2D eigenvalue weighted by Gasteiger charge is -2.30. The number of anilines is 1. The van der Waals surface area contributed by atoms with Crippen LogP contribution in [0.2, 0.25) is 0 Å². The number of amides is 3. The van der Waals surface area contributed by atoms with Gasteiger partial charge in [0, 0.05) is 26.3 Å². The first-order valence-corrected chi connectivity index (χ1v) is 8.94. The predicted molar refractivity (Wildman–Crippen MR) is 101 cm³/mol. The van der Waals surface area contributed by atoms with E-state index in [2.05, 4.69) is 33.9 Å². The van der Waals surface area contributed by atoms with Crippen LogP contribution in [0.3, 0.4) is 0 Å². The van der Waals surface area contributed by atoms with Crippen molar-refractivity contribution < 1.29 is 14.2 Å². The van der Waals surface area contributed by atoms with Crippen LogP contribution >= 0.6 is 0 Å². The molecule has 1 aromatic heterocycles. The zero-order valence-electron chi connectivity index (χ0n) is 15.9. The lowest BCUT2D eigenvalue weighted by Crippen LogP contribution is -2.61. The third-order valence-corrected chi connectivity index (χ3v) is 5.13. The number of fused-ring (bicyclic) bond motifs is 3. The number of aryl methyl sites for hydroxylation is 2. The zero-order chi connectivity index (χ0) is 19.3. The molecule has 1 fully saturated rings. The average Bonchev–Trinajstić information content (AvgIpc) is 3.14. The average molecular weight is 367 g/mol. The van der Waals surface area contributed by atoms with E-state index in [0.717, 1.165) is 22.8 Å². The quantitative estimate of drug-likeness (QED) is 0.835. The molecule has 3 heterocycles. The number of carbonyl (C=O) groups excluding carboxylic acids is 2. The van der Waals surface area contributed by atoms with E-state index in [9.17, 15) is 9.59 Å². The third-order valence-electron chi connectivity index (χ3n) is 5.13. The van der Waals surface area contributed by atoms with Crippen molar-refractivity contribution in [3.8, 4) is 0 Å². The molecule has 1 unspecified atom stereocenters. The molecule has 4 rings (SSSR count). The maximum absolute atomic E-state index is 12.6. The van der Waals surface area contributed by atoms with Crippen molar-refractivity contribution in [3.05, 3.63) is 41.7 Å². The molecular formula is C19H23N6O2+. The summed E-state index contributed by atoms with van der Waals surface area (Å²) in [6.45, 7) is 5.49. The Morgan fingerprint density at radius 2 is 1.96 bits per heavy atom. The van der Waals surface area contributed by atoms with Gasteiger partial charge in [-0.15, -0.1) is 0 Å². The second kappa shape index (κ2) is 6.22.